The van der Waals surface area contributed by atoms with E-state index >= 15 is 0 Å². The van der Waals surface area contributed by atoms with Crippen molar-refractivity contribution in [2.45, 2.75) is 39.3 Å². The molecule has 1 fully saturated rings. The van der Waals surface area contributed by atoms with Gasteiger partial charge in [-0.3, -0.25) is 0 Å². The van der Waals surface area contributed by atoms with Gasteiger partial charge in [-0.1, -0.05) is 19.1 Å². The molecular formula is C16H27N3. The maximum atomic E-state index is 5.88. The van der Waals surface area contributed by atoms with E-state index in [1.54, 1.807) is 0 Å². The molecule has 1 aliphatic heterocycles. The second kappa shape index (κ2) is 6.40. The number of piperidine rings is 1. The Kier molecular flexibility index (Phi) is 4.83. The van der Waals surface area contributed by atoms with Crippen molar-refractivity contribution in [2.24, 2.45) is 5.73 Å². The van der Waals surface area contributed by atoms with Gasteiger partial charge in [0.25, 0.3) is 0 Å². The SMILES string of the molecule is CCN1CCC(N(C)c2cc(C)ccc2CN)CC1. The Morgan fingerprint density at radius 2 is 2.00 bits per heavy atom. The summed E-state index contributed by atoms with van der Waals surface area (Å²) in [5.74, 6) is 0. The van der Waals surface area contributed by atoms with Crippen LogP contribution in [0.4, 0.5) is 5.69 Å². The van der Waals surface area contributed by atoms with Crippen LogP contribution in [0.15, 0.2) is 18.2 Å². The molecule has 1 saturated heterocycles. The fraction of sp³-hybridized carbons (Fsp3) is 0.625. The number of nitrogens with two attached hydrogens (primary N) is 1. The summed E-state index contributed by atoms with van der Waals surface area (Å²) < 4.78 is 0. The summed E-state index contributed by atoms with van der Waals surface area (Å²) in [6.45, 7) is 8.63. The number of hydrogen-bond donors (Lipinski definition) is 1. The molecule has 2 rings (SSSR count). The molecule has 0 amide bonds. The number of anilines is 1. The number of hydrogen-bond acceptors (Lipinski definition) is 3. The molecule has 0 spiro atoms. The molecule has 0 radical (unpaired) electrons. The Hall–Kier alpha value is -1.06. The van der Waals surface area contributed by atoms with E-state index in [9.17, 15) is 0 Å². The van der Waals surface area contributed by atoms with Gasteiger partial charge in [-0.2, -0.15) is 0 Å². The summed E-state index contributed by atoms with van der Waals surface area (Å²) in [6.07, 6.45) is 2.50. The molecule has 0 atom stereocenters. The van der Waals surface area contributed by atoms with Crippen molar-refractivity contribution in [2.75, 3.05) is 31.6 Å². The van der Waals surface area contributed by atoms with E-state index in [-0.39, 0.29) is 0 Å². The average molecular weight is 261 g/mol. The zero-order chi connectivity index (χ0) is 13.8. The van der Waals surface area contributed by atoms with Gasteiger partial charge in [0.1, 0.15) is 0 Å². The monoisotopic (exact) mass is 261 g/mol. The van der Waals surface area contributed by atoms with Gasteiger partial charge in [-0.15, -0.1) is 0 Å². The smallest absolute Gasteiger partial charge is 0.0414 e. The maximum absolute atomic E-state index is 5.88. The molecule has 3 heteroatoms. The van der Waals surface area contributed by atoms with Crippen LogP contribution >= 0.6 is 0 Å². The normalized spacial score (nSPS) is 17.7. The fourth-order valence-electron chi connectivity index (χ4n) is 2.99. The third-order valence-electron chi connectivity index (χ3n) is 4.39. The van der Waals surface area contributed by atoms with E-state index in [1.807, 2.05) is 0 Å². The molecule has 0 saturated carbocycles. The van der Waals surface area contributed by atoms with Crippen LogP contribution in [-0.2, 0) is 6.54 Å². The molecule has 106 valence electrons. The number of likely N-dealkylation sites (tertiary alicyclic amines) is 1. The average Bonchev–Trinajstić information content (AvgIpc) is 2.46. The molecule has 1 aliphatic rings. The van der Waals surface area contributed by atoms with Crippen molar-refractivity contribution in [1.82, 2.24) is 4.90 Å². The lowest BCUT2D eigenvalue weighted by atomic mass is 10.0. The first kappa shape index (κ1) is 14.4. The molecule has 0 aromatic heterocycles. The third-order valence-corrected chi connectivity index (χ3v) is 4.39. The lowest BCUT2D eigenvalue weighted by Crippen LogP contribution is -2.43. The van der Waals surface area contributed by atoms with Gasteiger partial charge in [0.05, 0.1) is 0 Å². The van der Waals surface area contributed by atoms with Gasteiger partial charge < -0.3 is 15.5 Å². The topological polar surface area (TPSA) is 32.5 Å². The molecule has 3 nitrogen and oxygen atoms in total. The maximum Gasteiger partial charge on any atom is 0.0414 e. The van der Waals surface area contributed by atoms with Crippen LogP contribution in [0.5, 0.6) is 0 Å². The highest BCUT2D eigenvalue weighted by Crippen LogP contribution is 2.26. The Balaban J connectivity index is 2.11. The second-order valence-electron chi connectivity index (χ2n) is 5.61. The number of nitrogens with zero attached hydrogens (tertiary/aromatic N) is 2. The molecule has 0 bridgehead atoms. The van der Waals surface area contributed by atoms with Gasteiger partial charge in [0.2, 0.25) is 0 Å². The first-order valence-electron chi connectivity index (χ1n) is 7.40. The molecule has 0 unspecified atom stereocenters. The van der Waals surface area contributed by atoms with Crippen LogP contribution < -0.4 is 10.6 Å². The summed E-state index contributed by atoms with van der Waals surface area (Å²) in [5, 5.41) is 0. The summed E-state index contributed by atoms with van der Waals surface area (Å²) in [7, 11) is 2.22. The first-order chi connectivity index (χ1) is 9.15. The van der Waals surface area contributed by atoms with Crippen molar-refractivity contribution < 1.29 is 0 Å². The van der Waals surface area contributed by atoms with Crippen molar-refractivity contribution >= 4 is 5.69 Å². The van der Waals surface area contributed by atoms with Gasteiger partial charge in [-0.05, 0) is 43.5 Å². The van der Waals surface area contributed by atoms with Gasteiger partial charge in [0, 0.05) is 38.4 Å². The molecular weight excluding hydrogens is 234 g/mol. The van der Waals surface area contributed by atoms with E-state index < -0.39 is 0 Å². The highest BCUT2D eigenvalue weighted by atomic mass is 15.2. The van der Waals surface area contributed by atoms with E-state index in [4.69, 9.17) is 5.73 Å². The van der Waals surface area contributed by atoms with E-state index in [2.05, 4.69) is 48.9 Å². The first-order valence-corrected chi connectivity index (χ1v) is 7.40. The zero-order valence-electron chi connectivity index (χ0n) is 12.5. The quantitative estimate of drug-likeness (QED) is 0.903. The number of benzene rings is 1. The Morgan fingerprint density at radius 1 is 1.32 bits per heavy atom. The highest BCUT2D eigenvalue weighted by molar-refractivity contribution is 5.55. The summed E-state index contributed by atoms with van der Waals surface area (Å²) in [5.41, 5.74) is 9.76. The summed E-state index contributed by atoms with van der Waals surface area (Å²) in [4.78, 5) is 4.98. The standard InChI is InChI=1S/C16H27N3/c1-4-19-9-7-15(8-10-19)18(3)16-11-13(2)5-6-14(16)12-17/h5-6,11,15H,4,7-10,12,17H2,1-3H3. The van der Waals surface area contributed by atoms with Crippen LogP contribution in [0.2, 0.25) is 0 Å². The predicted octanol–water partition coefficient (Wildman–Crippen LogP) is 2.37. The third kappa shape index (κ3) is 3.28. The van der Waals surface area contributed by atoms with E-state index in [0.717, 1.165) is 0 Å². The minimum Gasteiger partial charge on any atom is -0.371 e. The number of rotatable bonds is 4. The minimum atomic E-state index is 0.619. The number of aryl methyl sites for hydroxylation is 1. The van der Waals surface area contributed by atoms with E-state index in [0.29, 0.717) is 12.6 Å². The van der Waals surface area contributed by atoms with Gasteiger partial charge in [0.15, 0.2) is 0 Å². The predicted molar refractivity (Wildman–Crippen MR) is 82.6 cm³/mol. The zero-order valence-corrected chi connectivity index (χ0v) is 12.5. The van der Waals surface area contributed by atoms with Gasteiger partial charge in [-0.25, -0.2) is 0 Å². The van der Waals surface area contributed by atoms with Crippen molar-refractivity contribution in [1.29, 1.82) is 0 Å². The summed E-state index contributed by atoms with van der Waals surface area (Å²) in [6, 6.07) is 7.24. The van der Waals surface area contributed by atoms with Crippen molar-refractivity contribution in [3.05, 3.63) is 29.3 Å². The van der Waals surface area contributed by atoms with Crippen LogP contribution in [-0.4, -0.2) is 37.6 Å². The highest BCUT2D eigenvalue weighted by Gasteiger charge is 2.22. The fourth-order valence-corrected chi connectivity index (χ4v) is 2.99. The van der Waals surface area contributed by atoms with Crippen LogP contribution in [0, 0.1) is 6.92 Å². The molecule has 0 aliphatic carbocycles. The van der Waals surface area contributed by atoms with Gasteiger partial charge >= 0.3 is 0 Å². The van der Waals surface area contributed by atoms with Crippen LogP contribution in [0.25, 0.3) is 0 Å². The van der Waals surface area contributed by atoms with Crippen molar-refractivity contribution in [3.63, 3.8) is 0 Å². The lowest BCUT2D eigenvalue weighted by molar-refractivity contribution is 0.221. The molecule has 2 N–H and O–H groups in total. The molecule has 1 aromatic rings. The molecule has 1 heterocycles. The lowest BCUT2D eigenvalue weighted by Gasteiger charge is -2.38. The van der Waals surface area contributed by atoms with Crippen molar-refractivity contribution in [3.8, 4) is 0 Å². The molecule has 19 heavy (non-hydrogen) atoms. The van der Waals surface area contributed by atoms with Crippen LogP contribution in [0.3, 0.4) is 0 Å². The van der Waals surface area contributed by atoms with E-state index in [1.165, 1.54) is 49.3 Å². The Bertz CT molecular complexity index is 408. The van der Waals surface area contributed by atoms with Crippen LogP contribution in [0.1, 0.15) is 30.9 Å². The largest absolute Gasteiger partial charge is 0.371 e. The molecule has 1 aromatic carbocycles. The Labute approximate surface area is 117 Å². The Morgan fingerprint density at radius 3 is 2.58 bits per heavy atom. The second-order valence-corrected chi connectivity index (χ2v) is 5.61. The minimum absolute atomic E-state index is 0.619. The summed E-state index contributed by atoms with van der Waals surface area (Å²) >= 11 is 0.